The third-order valence-electron chi connectivity index (χ3n) is 4.73. The van der Waals surface area contributed by atoms with Crippen molar-refractivity contribution in [3.63, 3.8) is 0 Å². The van der Waals surface area contributed by atoms with E-state index in [0.717, 1.165) is 56.8 Å². The molecule has 0 amide bonds. The van der Waals surface area contributed by atoms with Crippen LogP contribution < -0.4 is 4.74 Å². The number of nitrogens with zero attached hydrogens (tertiary/aromatic N) is 4. The van der Waals surface area contributed by atoms with E-state index in [1.165, 1.54) is 12.8 Å². The van der Waals surface area contributed by atoms with Crippen LogP contribution in [-0.2, 0) is 6.54 Å². The van der Waals surface area contributed by atoms with E-state index >= 15 is 0 Å². The molecule has 134 valence electrons. The van der Waals surface area contributed by atoms with Gasteiger partial charge in [0.25, 0.3) is 0 Å². The van der Waals surface area contributed by atoms with E-state index in [1.54, 1.807) is 0 Å². The van der Waals surface area contributed by atoms with Crippen molar-refractivity contribution in [1.82, 2.24) is 20.0 Å². The van der Waals surface area contributed by atoms with Gasteiger partial charge in [-0.15, -0.1) is 10.2 Å². The van der Waals surface area contributed by atoms with Gasteiger partial charge in [-0.05, 0) is 25.0 Å². The SMILES string of the molecule is Clc1ccccc1OCCN1CCN(Cc2nnc(C3CC3)o2)CC1. The molecule has 2 aliphatic rings. The van der Waals surface area contributed by atoms with E-state index < -0.39 is 0 Å². The zero-order chi connectivity index (χ0) is 17.1. The molecule has 1 aromatic heterocycles. The molecule has 2 aromatic rings. The number of benzene rings is 1. The van der Waals surface area contributed by atoms with Gasteiger partial charge in [-0.2, -0.15) is 0 Å². The molecule has 0 atom stereocenters. The lowest BCUT2D eigenvalue weighted by Gasteiger charge is -2.33. The van der Waals surface area contributed by atoms with Crippen molar-refractivity contribution in [2.24, 2.45) is 0 Å². The van der Waals surface area contributed by atoms with Crippen LogP contribution in [0.4, 0.5) is 0 Å². The number of ether oxygens (including phenoxy) is 1. The molecule has 7 heteroatoms. The van der Waals surface area contributed by atoms with Gasteiger partial charge in [-0.3, -0.25) is 9.80 Å². The fourth-order valence-corrected chi connectivity index (χ4v) is 3.22. The topological polar surface area (TPSA) is 54.6 Å². The Morgan fingerprint density at radius 2 is 1.84 bits per heavy atom. The van der Waals surface area contributed by atoms with E-state index in [4.69, 9.17) is 20.8 Å². The van der Waals surface area contributed by atoms with Gasteiger partial charge < -0.3 is 9.15 Å². The van der Waals surface area contributed by atoms with Gasteiger partial charge in [0.2, 0.25) is 11.8 Å². The second-order valence-corrected chi connectivity index (χ2v) is 7.11. The van der Waals surface area contributed by atoms with Crippen LogP contribution in [0, 0.1) is 0 Å². The Morgan fingerprint density at radius 3 is 2.60 bits per heavy atom. The van der Waals surface area contributed by atoms with Crippen molar-refractivity contribution in [1.29, 1.82) is 0 Å². The van der Waals surface area contributed by atoms with Crippen LogP contribution in [0.25, 0.3) is 0 Å². The number of hydrogen-bond donors (Lipinski definition) is 0. The normalized spacial score (nSPS) is 19.2. The minimum Gasteiger partial charge on any atom is -0.491 e. The summed E-state index contributed by atoms with van der Waals surface area (Å²) in [5, 5.41) is 9.00. The summed E-state index contributed by atoms with van der Waals surface area (Å²) >= 11 is 6.10. The smallest absolute Gasteiger partial charge is 0.230 e. The molecular formula is C18H23ClN4O2. The number of para-hydroxylation sites is 1. The van der Waals surface area contributed by atoms with Crippen LogP contribution in [-0.4, -0.2) is 59.3 Å². The Balaban J connectivity index is 1.17. The molecule has 1 aliphatic carbocycles. The standard InChI is InChI=1S/C18H23ClN4O2/c19-15-3-1-2-4-16(15)24-12-11-22-7-9-23(10-8-22)13-17-20-21-18(25-17)14-5-6-14/h1-4,14H,5-13H2. The fraction of sp³-hybridized carbons (Fsp3) is 0.556. The van der Waals surface area contributed by atoms with E-state index in [2.05, 4.69) is 20.0 Å². The van der Waals surface area contributed by atoms with Crippen molar-refractivity contribution in [3.05, 3.63) is 41.1 Å². The largest absolute Gasteiger partial charge is 0.491 e. The summed E-state index contributed by atoms with van der Waals surface area (Å²) in [6.45, 7) is 6.37. The molecular weight excluding hydrogens is 340 g/mol. The van der Waals surface area contributed by atoms with Crippen LogP contribution in [0.2, 0.25) is 5.02 Å². The van der Waals surface area contributed by atoms with E-state index in [0.29, 0.717) is 17.5 Å². The van der Waals surface area contributed by atoms with E-state index in [1.807, 2.05) is 24.3 Å². The molecule has 0 spiro atoms. The van der Waals surface area contributed by atoms with Crippen molar-refractivity contribution in [2.45, 2.75) is 25.3 Å². The number of halogens is 1. The Morgan fingerprint density at radius 1 is 1.08 bits per heavy atom. The average molecular weight is 363 g/mol. The lowest BCUT2D eigenvalue weighted by atomic mass is 10.3. The lowest BCUT2D eigenvalue weighted by molar-refractivity contribution is 0.106. The van der Waals surface area contributed by atoms with Crippen LogP contribution in [0.5, 0.6) is 5.75 Å². The number of rotatable bonds is 7. The molecule has 0 N–H and O–H groups in total. The first-order valence-corrected chi connectivity index (χ1v) is 9.30. The summed E-state index contributed by atoms with van der Waals surface area (Å²) in [6.07, 6.45) is 2.38. The van der Waals surface area contributed by atoms with Gasteiger partial charge in [0, 0.05) is 38.6 Å². The molecule has 1 aliphatic heterocycles. The third-order valence-corrected chi connectivity index (χ3v) is 5.05. The highest BCUT2D eigenvalue weighted by molar-refractivity contribution is 6.32. The van der Waals surface area contributed by atoms with Crippen molar-refractivity contribution >= 4 is 11.6 Å². The predicted molar refractivity (Wildman–Crippen MR) is 94.9 cm³/mol. The number of piperazine rings is 1. The summed E-state index contributed by atoms with van der Waals surface area (Å²) in [5.74, 6) is 2.85. The van der Waals surface area contributed by atoms with E-state index in [-0.39, 0.29) is 0 Å². The third kappa shape index (κ3) is 4.51. The molecule has 4 rings (SSSR count). The minimum atomic E-state index is 0.524. The molecule has 2 fully saturated rings. The second kappa shape index (κ2) is 7.72. The average Bonchev–Trinajstić information content (AvgIpc) is 3.38. The lowest BCUT2D eigenvalue weighted by Crippen LogP contribution is -2.47. The molecule has 1 saturated heterocycles. The zero-order valence-corrected chi connectivity index (χ0v) is 15.0. The van der Waals surface area contributed by atoms with Crippen molar-refractivity contribution in [2.75, 3.05) is 39.3 Å². The highest BCUT2D eigenvalue weighted by Crippen LogP contribution is 2.39. The molecule has 1 aromatic carbocycles. The molecule has 1 saturated carbocycles. The highest BCUT2D eigenvalue weighted by atomic mass is 35.5. The first-order chi connectivity index (χ1) is 12.3. The highest BCUT2D eigenvalue weighted by Gasteiger charge is 2.29. The second-order valence-electron chi connectivity index (χ2n) is 6.70. The maximum absolute atomic E-state index is 6.10. The van der Waals surface area contributed by atoms with Crippen LogP contribution in [0.3, 0.4) is 0 Å². The Hall–Kier alpha value is -1.63. The van der Waals surface area contributed by atoms with Gasteiger partial charge in [0.15, 0.2) is 0 Å². The monoisotopic (exact) mass is 362 g/mol. The summed E-state index contributed by atoms with van der Waals surface area (Å²) in [7, 11) is 0. The Bertz CT molecular complexity index is 696. The molecule has 25 heavy (non-hydrogen) atoms. The van der Waals surface area contributed by atoms with Crippen LogP contribution in [0.15, 0.2) is 28.7 Å². The quantitative estimate of drug-likeness (QED) is 0.755. The van der Waals surface area contributed by atoms with Crippen molar-refractivity contribution < 1.29 is 9.15 Å². The maximum Gasteiger partial charge on any atom is 0.230 e. The van der Waals surface area contributed by atoms with Gasteiger partial charge >= 0.3 is 0 Å². The molecule has 0 bridgehead atoms. The van der Waals surface area contributed by atoms with Gasteiger partial charge in [-0.25, -0.2) is 0 Å². The summed E-state index contributed by atoms with van der Waals surface area (Å²) in [4.78, 5) is 4.78. The van der Waals surface area contributed by atoms with Gasteiger partial charge in [0.05, 0.1) is 11.6 Å². The molecule has 2 heterocycles. The Labute approximate surface area is 152 Å². The zero-order valence-electron chi connectivity index (χ0n) is 14.2. The fourth-order valence-electron chi connectivity index (χ4n) is 3.03. The van der Waals surface area contributed by atoms with E-state index in [9.17, 15) is 0 Å². The van der Waals surface area contributed by atoms with Crippen LogP contribution >= 0.6 is 11.6 Å². The summed E-state index contributed by atoms with van der Waals surface area (Å²) < 4.78 is 11.5. The number of aromatic nitrogens is 2. The van der Waals surface area contributed by atoms with Gasteiger partial charge in [-0.1, -0.05) is 23.7 Å². The van der Waals surface area contributed by atoms with Crippen LogP contribution in [0.1, 0.15) is 30.5 Å². The summed E-state index contributed by atoms with van der Waals surface area (Å²) in [5.41, 5.74) is 0. The minimum absolute atomic E-state index is 0.524. The van der Waals surface area contributed by atoms with Gasteiger partial charge in [0.1, 0.15) is 12.4 Å². The Kier molecular flexibility index (Phi) is 5.20. The first kappa shape index (κ1) is 16.8. The molecule has 6 nitrogen and oxygen atoms in total. The molecule has 0 radical (unpaired) electrons. The van der Waals surface area contributed by atoms with Crippen molar-refractivity contribution in [3.8, 4) is 5.75 Å². The number of hydrogen-bond acceptors (Lipinski definition) is 6. The summed E-state index contributed by atoms with van der Waals surface area (Å²) in [6, 6.07) is 7.60. The maximum atomic E-state index is 6.10. The molecule has 0 unspecified atom stereocenters. The first-order valence-electron chi connectivity index (χ1n) is 8.92. The predicted octanol–water partition coefficient (Wildman–Crippen LogP) is 2.80.